The zero-order valence-electron chi connectivity index (χ0n) is 12.0. The van der Waals surface area contributed by atoms with E-state index in [1.54, 1.807) is 26.2 Å². The molecule has 1 heterocycles. The van der Waals surface area contributed by atoms with Gasteiger partial charge in [-0.05, 0) is 38.1 Å². The summed E-state index contributed by atoms with van der Waals surface area (Å²) in [5, 5.41) is 9.77. The van der Waals surface area contributed by atoms with Gasteiger partial charge in [-0.1, -0.05) is 6.07 Å². The fourth-order valence-corrected chi connectivity index (χ4v) is 1.94. The second kappa shape index (κ2) is 6.39. The van der Waals surface area contributed by atoms with Gasteiger partial charge in [-0.2, -0.15) is 0 Å². The van der Waals surface area contributed by atoms with Crippen LogP contribution >= 0.6 is 0 Å². The highest BCUT2D eigenvalue weighted by Crippen LogP contribution is 2.30. The molecule has 0 radical (unpaired) electrons. The summed E-state index contributed by atoms with van der Waals surface area (Å²) in [6.07, 6.45) is -0.596. The van der Waals surface area contributed by atoms with Crippen molar-refractivity contribution in [2.24, 2.45) is 0 Å². The summed E-state index contributed by atoms with van der Waals surface area (Å²) in [5.74, 6) is 1.31. The predicted octanol–water partition coefficient (Wildman–Crippen LogP) is 3.03. The van der Waals surface area contributed by atoms with Crippen molar-refractivity contribution in [1.82, 2.24) is 4.98 Å². The van der Waals surface area contributed by atoms with Crippen molar-refractivity contribution >= 4 is 0 Å². The number of hydrogen-bond acceptors (Lipinski definition) is 4. The molecule has 0 aliphatic carbocycles. The summed E-state index contributed by atoms with van der Waals surface area (Å²) >= 11 is 0. The number of aliphatic hydroxyl groups excluding tert-OH is 1. The van der Waals surface area contributed by atoms with E-state index in [0.29, 0.717) is 18.1 Å². The normalized spacial score (nSPS) is 12.0. The minimum atomic E-state index is -0.596. The molecule has 0 unspecified atom stereocenters. The maximum atomic E-state index is 9.77. The first-order valence-corrected chi connectivity index (χ1v) is 6.51. The summed E-state index contributed by atoms with van der Waals surface area (Å²) in [7, 11) is 1.60. The molecule has 2 aromatic rings. The van der Waals surface area contributed by atoms with E-state index < -0.39 is 6.10 Å². The Hall–Kier alpha value is -2.07. The number of benzene rings is 1. The average molecular weight is 273 g/mol. The summed E-state index contributed by atoms with van der Waals surface area (Å²) in [6, 6.07) is 11.2. The number of aliphatic hydroxyl groups is 1. The minimum Gasteiger partial charge on any atom is -0.497 e. The van der Waals surface area contributed by atoms with Gasteiger partial charge in [0.15, 0.2) is 0 Å². The van der Waals surface area contributed by atoms with Crippen LogP contribution in [0.5, 0.6) is 11.5 Å². The molecule has 0 aliphatic rings. The fraction of sp³-hybridized carbons (Fsp3) is 0.312. The number of aromatic nitrogens is 1. The maximum absolute atomic E-state index is 9.77. The van der Waals surface area contributed by atoms with E-state index in [2.05, 4.69) is 4.98 Å². The van der Waals surface area contributed by atoms with Gasteiger partial charge in [-0.15, -0.1) is 0 Å². The molecule has 1 aromatic carbocycles. The Morgan fingerprint density at radius 1 is 1.25 bits per heavy atom. The number of methoxy groups -OCH3 is 1. The van der Waals surface area contributed by atoms with Crippen LogP contribution in [0.3, 0.4) is 0 Å². The first kappa shape index (κ1) is 14.3. The van der Waals surface area contributed by atoms with Crippen molar-refractivity contribution < 1.29 is 14.6 Å². The Kier molecular flexibility index (Phi) is 4.58. The minimum absolute atomic E-state index is 0.356. The molecule has 0 bridgehead atoms. The van der Waals surface area contributed by atoms with E-state index in [0.717, 1.165) is 17.0 Å². The van der Waals surface area contributed by atoms with Crippen molar-refractivity contribution in [3.05, 3.63) is 53.3 Å². The van der Waals surface area contributed by atoms with Crippen molar-refractivity contribution in [2.75, 3.05) is 7.11 Å². The van der Waals surface area contributed by atoms with E-state index >= 15 is 0 Å². The second-order valence-electron chi connectivity index (χ2n) is 4.64. The van der Waals surface area contributed by atoms with Crippen LogP contribution in [0, 0.1) is 6.92 Å². The van der Waals surface area contributed by atoms with E-state index in [1.807, 2.05) is 31.2 Å². The third-order valence-corrected chi connectivity index (χ3v) is 2.99. The first-order chi connectivity index (χ1) is 9.60. The molecule has 106 valence electrons. The summed E-state index contributed by atoms with van der Waals surface area (Å²) in [6.45, 7) is 4.00. The molecule has 1 atom stereocenters. The Morgan fingerprint density at radius 3 is 2.70 bits per heavy atom. The molecular formula is C16H19NO3. The lowest BCUT2D eigenvalue weighted by molar-refractivity contribution is 0.189. The molecule has 20 heavy (non-hydrogen) atoms. The van der Waals surface area contributed by atoms with Gasteiger partial charge in [0.2, 0.25) is 0 Å². The van der Waals surface area contributed by atoms with Crippen molar-refractivity contribution in [3.63, 3.8) is 0 Å². The summed E-state index contributed by atoms with van der Waals surface area (Å²) in [5.41, 5.74) is 2.54. The van der Waals surface area contributed by atoms with Crippen LogP contribution in [0.15, 0.2) is 36.4 Å². The first-order valence-electron chi connectivity index (χ1n) is 6.51. The van der Waals surface area contributed by atoms with Crippen molar-refractivity contribution in [3.8, 4) is 11.5 Å². The topological polar surface area (TPSA) is 51.6 Å². The van der Waals surface area contributed by atoms with E-state index in [1.165, 1.54) is 0 Å². The largest absolute Gasteiger partial charge is 0.497 e. The van der Waals surface area contributed by atoms with Crippen LogP contribution in [0.2, 0.25) is 0 Å². The Morgan fingerprint density at radius 2 is 2.05 bits per heavy atom. The van der Waals surface area contributed by atoms with Crippen LogP contribution < -0.4 is 9.47 Å². The molecule has 0 amide bonds. The van der Waals surface area contributed by atoms with Gasteiger partial charge in [0.25, 0.3) is 0 Å². The third-order valence-electron chi connectivity index (χ3n) is 2.99. The summed E-state index contributed by atoms with van der Waals surface area (Å²) in [4.78, 5) is 4.39. The van der Waals surface area contributed by atoms with E-state index in [4.69, 9.17) is 9.47 Å². The van der Waals surface area contributed by atoms with Gasteiger partial charge in [0.05, 0.1) is 18.9 Å². The van der Waals surface area contributed by atoms with Crippen LogP contribution in [-0.4, -0.2) is 17.2 Å². The number of aryl methyl sites for hydroxylation is 1. The zero-order valence-corrected chi connectivity index (χ0v) is 12.0. The summed E-state index contributed by atoms with van der Waals surface area (Å²) < 4.78 is 11.0. The van der Waals surface area contributed by atoms with Crippen LogP contribution in [0.25, 0.3) is 0 Å². The van der Waals surface area contributed by atoms with E-state index in [9.17, 15) is 5.11 Å². The molecule has 1 aromatic heterocycles. The molecule has 0 saturated carbocycles. The number of pyridine rings is 1. The highest BCUT2D eigenvalue weighted by molar-refractivity contribution is 5.41. The molecule has 4 heteroatoms. The highest BCUT2D eigenvalue weighted by atomic mass is 16.5. The molecule has 0 aliphatic heterocycles. The van der Waals surface area contributed by atoms with Crippen molar-refractivity contribution in [2.45, 2.75) is 26.6 Å². The fourth-order valence-electron chi connectivity index (χ4n) is 1.94. The van der Waals surface area contributed by atoms with Crippen molar-refractivity contribution in [1.29, 1.82) is 0 Å². The Labute approximate surface area is 119 Å². The number of hydrogen-bond donors (Lipinski definition) is 1. The monoisotopic (exact) mass is 273 g/mol. The Bertz CT molecular complexity index is 582. The van der Waals surface area contributed by atoms with Gasteiger partial charge in [0, 0.05) is 17.3 Å². The number of nitrogens with zero attached hydrogens (tertiary/aromatic N) is 1. The quantitative estimate of drug-likeness (QED) is 0.909. The lowest BCUT2D eigenvalue weighted by atomic mass is 10.1. The third kappa shape index (κ3) is 3.48. The van der Waals surface area contributed by atoms with Crippen LogP contribution in [0.1, 0.15) is 30.0 Å². The molecule has 2 rings (SSSR count). The molecule has 4 nitrogen and oxygen atoms in total. The predicted molar refractivity (Wildman–Crippen MR) is 76.9 cm³/mol. The zero-order chi connectivity index (χ0) is 14.5. The molecule has 0 fully saturated rings. The lowest BCUT2D eigenvalue weighted by Gasteiger charge is -2.14. The smallest absolute Gasteiger partial charge is 0.130 e. The average Bonchev–Trinajstić information content (AvgIpc) is 2.44. The maximum Gasteiger partial charge on any atom is 0.130 e. The molecule has 0 spiro atoms. The molecule has 1 N–H and O–H groups in total. The highest BCUT2D eigenvalue weighted by Gasteiger charge is 2.11. The second-order valence-corrected chi connectivity index (χ2v) is 4.64. The van der Waals surface area contributed by atoms with Gasteiger partial charge in [-0.25, -0.2) is 0 Å². The molecule has 0 saturated heterocycles. The lowest BCUT2D eigenvalue weighted by Crippen LogP contribution is -2.03. The van der Waals surface area contributed by atoms with Crippen LogP contribution in [-0.2, 0) is 6.61 Å². The molecular weight excluding hydrogens is 254 g/mol. The van der Waals surface area contributed by atoms with Gasteiger partial charge >= 0.3 is 0 Å². The van der Waals surface area contributed by atoms with Gasteiger partial charge in [-0.3, -0.25) is 4.98 Å². The Balaban J connectivity index is 2.19. The van der Waals surface area contributed by atoms with Gasteiger partial charge < -0.3 is 14.6 Å². The van der Waals surface area contributed by atoms with Gasteiger partial charge in [0.1, 0.15) is 18.1 Å². The number of ether oxygens (including phenoxy) is 2. The standard InChI is InChI=1S/C16H19NO3/c1-11-5-4-6-13(17-11)10-20-16-9-14(19-3)7-8-15(16)12(2)18/h4-9,12,18H,10H2,1-3H3/t12-/m1/s1. The van der Waals surface area contributed by atoms with Crippen LogP contribution in [0.4, 0.5) is 0 Å². The number of rotatable bonds is 5. The SMILES string of the molecule is COc1ccc([C@@H](C)O)c(OCc2cccc(C)n2)c1. The van der Waals surface area contributed by atoms with E-state index in [-0.39, 0.29) is 0 Å².